The quantitative estimate of drug-likeness (QED) is 0.831. The van der Waals surface area contributed by atoms with Gasteiger partial charge in [-0.25, -0.2) is 13.2 Å². The first-order valence-electron chi connectivity index (χ1n) is 6.51. The smallest absolute Gasteiger partial charge is 0.341 e. The van der Waals surface area contributed by atoms with Crippen LogP contribution in [-0.2, 0) is 14.8 Å². The molecule has 2 N–H and O–H groups in total. The minimum Gasteiger partial charge on any atom is -0.482 e. The summed E-state index contributed by atoms with van der Waals surface area (Å²) in [6.07, 6.45) is 0. The van der Waals surface area contributed by atoms with Gasteiger partial charge in [0.2, 0.25) is 0 Å². The molecule has 2 rings (SSSR count). The minimum atomic E-state index is -3.80. The van der Waals surface area contributed by atoms with Gasteiger partial charge in [0.25, 0.3) is 10.0 Å². The van der Waals surface area contributed by atoms with Gasteiger partial charge < -0.3 is 9.84 Å². The third kappa shape index (κ3) is 4.61. The van der Waals surface area contributed by atoms with Gasteiger partial charge in [-0.3, -0.25) is 4.72 Å². The van der Waals surface area contributed by atoms with Crippen molar-refractivity contribution >= 4 is 33.3 Å². The fourth-order valence-corrected chi connectivity index (χ4v) is 3.18. The van der Waals surface area contributed by atoms with E-state index in [1.807, 2.05) is 6.92 Å². The molecule has 0 saturated heterocycles. The molecule has 0 aliphatic rings. The number of hydrogen-bond donors (Lipinski definition) is 2. The summed E-state index contributed by atoms with van der Waals surface area (Å²) in [4.78, 5) is 10.4. The first-order valence-corrected chi connectivity index (χ1v) is 8.38. The summed E-state index contributed by atoms with van der Waals surface area (Å²) in [5.74, 6) is -0.850. The van der Waals surface area contributed by atoms with E-state index in [-0.39, 0.29) is 16.3 Å². The van der Waals surface area contributed by atoms with Crippen LogP contribution in [0, 0.1) is 6.92 Å². The molecule has 8 heteroatoms. The van der Waals surface area contributed by atoms with Crippen LogP contribution in [0.4, 0.5) is 5.69 Å². The zero-order chi connectivity index (χ0) is 17.0. The van der Waals surface area contributed by atoms with Crippen molar-refractivity contribution in [3.8, 4) is 5.75 Å². The van der Waals surface area contributed by atoms with Crippen LogP contribution in [0.25, 0.3) is 0 Å². The predicted octanol–water partition coefficient (Wildman–Crippen LogP) is 2.91. The second-order valence-corrected chi connectivity index (χ2v) is 6.83. The van der Waals surface area contributed by atoms with E-state index in [9.17, 15) is 13.2 Å². The summed E-state index contributed by atoms with van der Waals surface area (Å²) in [7, 11) is -3.80. The number of carboxylic acids is 1. The number of rotatable bonds is 6. The first-order chi connectivity index (χ1) is 10.8. The van der Waals surface area contributed by atoms with Gasteiger partial charge in [-0.1, -0.05) is 17.7 Å². The molecule has 0 aromatic heterocycles. The molecule has 0 unspecified atom stereocenters. The number of nitrogens with one attached hydrogen (secondary N) is 1. The maximum Gasteiger partial charge on any atom is 0.341 e. The Hall–Kier alpha value is -2.25. The van der Waals surface area contributed by atoms with E-state index in [1.54, 1.807) is 18.2 Å². The lowest BCUT2D eigenvalue weighted by Gasteiger charge is -2.11. The minimum absolute atomic E-state index is 0.0109. The van der Waals surface area contributed by atoms with Crippen molar-refractivity contribution in [1.29, 1.82) is 0 Å². The summed E-state index contributed by atoms with van der Waals surface area (Å²) in [6.45, 7) is 1.35. The Morgan fingerprint density at radius 2 is 1.87 bits per heavy atom. The summed E-state index contributed by atoms with van der Waals surface area (Å²) in [6, 6.07) is 10.4. The standard InChI is InChI=1S/C15H14ClNO5S/c1-10-2-7-14(13(16)8-10)17-23(20,21)12-5-3-11(4-6-12)22-9-15(18)19/h2-8,17H,9H2,1H3,(H,18,19). The second-order valence-electron chi connectivity index (χ2n) is 4.74. The Morgan fingerprint density at radius 1 is 1.22 bits per heavy atom. The number of benzene rings is 2. The number of anilines is 1. The number of carboxylic acid groups (broad SMARTS) is 1. The van der Waals surface area contributed by atoms with Crippen LogP contribution in [0.3, 0.4) is 0 Å². The first kappa shape index (κ1) is 17.1. The van der Waals surface area contributed by atoms with Crippen LogP contribution in [0.1, 0.15) is 5.56 Å². The lowest BCUT2D eigenvalue weighted by Crippen LogP contribution is -2.13. The van der Waals surface area contributed by atoms with Crippen molar-refractivity contribution in [2.45, 2.75) is 11.8 Å². The van der Waals surface area contributed by atoms with Gasteiger partial charge in [0.1, 0.15) is 5.75 Å². The molecule has 0 bridgehead atoms. The average molecular weight is 356 g/mol. The zero-order valence-electron chi connectivity index (χ0n) is 12.1. The number of aliphatic carboxylic acids is 1. The summed E-state index contributed by atoms with van der Waals surface area (Å²) < 4.78 is 32.0. The Morgan fingerprint density at radius 3 is 2.43 bits per heavy atom. The third-order valence-electron chi connectivity index (χ3n) is 2.87. The number of hydrogen-bond acceptors (Lipinski definition) is 4. The van der Waals surface area contributed by atoms with Gasteiger partial charge in [0.05, 0.1) is 15.6 Å². The highest BCUT2D eigenvalue weighted by Gasteiger charge is 2.16. The zero-order valence-corrected chi connectivity index (χ0v) is 13.7. The Labute approximate surface area is 138 Å². The van der Waals surface area contributed by atoms with E-state index < -0.39 is 22.6 Å². The molecule has 0 spiro atoms. The summed E-state index contributed by atoms with van der Waals surface area (Å²) >= 11 is 6.02. The van der Waals surface area contributed by atoms with Crippen LogP contribution in [0.2, 0.25) is 5.02 Å². The normalized spacial score (nSPS) is 11.0. The molecule has 0 fully saturated rings. The number of sulfonamides is 1. The van der Waals surface area contributed by atoms with Crippen molar-refractivity contribution in [1.82, 2.24) is 0 Å². The molecule has 0 heterocycles. The molecule has 23 heavy (non-hydrogen) atoms. The number of ether oxygens (including phenoxy) is 1. The van der Waals surface area contributed by atoms with Gasteiger partial charge in [0.15, 0.2) is 6.61 Å². The van der Waals surface area contributed by atoms with Crippen molar-refractivity contribution in [3.63, 3.8) is 0 Å². The monoisotopic (exact) mass is 355 g/mol. The van der Waals surface area contributed by atoms with Gasteiger partial charge in [0, 0.05) is 0 Å². The highest BCUT2D eigenvalue weighted by atomic mass is 35.5. The van der Waals surface area contributed by atoms with Crippen molar-refractivity contribution in [2.24, 2.45) is 0 Å². The molecule has 0 saturated carbocycles. The Balaban J connectivity index is 2.17. The van der Waals surface area contributed by atoms with Crippen molar-refractivity contribution < 1.29 is 23.1 Å². The van der Waals surface area contributed by atoms with Gasteiger partial charge in [-0.15, -0.1) is 0 Å². The van der Waals surface area contributed by atoms with Gasteiger partial charge in [-0.2, -0.15) is 0 Å². The highest BCUT2D eigenvalue weighted by Crippen LogP contribution is 2.26. The average Bonchev–Trinajstić information content (AvgIpc) is 2.48. The fraction of sp³-hybridized carbons (Fsp3) is 0.133. The summed E-state index contributed by atoms with van der Waals surface area (Å²) in [5, 5.41) is 8.83. The molecule has 2 aromatic rings. The van der Waals surface area contributed by atoms with E-state index in [2.05, 4.69) is 4.72 Å². The number of aryl methyl sites for hydroxylation is 1. The van der Waals surface area contributed by atoms with Crippen LogP contribution in [-0.4, -0.2) is 26.1 Å². The SMILES string of the molecule is Cc1ccc(NS(=O)(=O)c2ccc(OCC(=O)O)cc2)c(Cl)c1. The highest BCUT2D eigenvalue weighted by molar-refractivity contribution is 7.92. The molecule has 0 aliphatic heterocycles. The third-order valence-corrected chi connectivity index (χ3v) is 4.56. The lowest BCUT2D eigenvalue weighted by atomic mass is 10.2. The fourth-order valence-electron chi connectivity index (χ4n) is 1.77. The van der Waals surface area contributed by atoms with E-state index in [0.29, 0.717) is 5.02 Å². The van der Waals surface area contributed by atoms with Crippen molar-refractivity contribution in [3.05, 3.63) is 53.1 Å². The molecule has 0 aliphatic carbocycles. The molecule has 2 aromatic carbocycles. The van der Waals surface area contributed by atoms with Crippen LogP contribution in [0.5, 0.6) is 5.75 Å². The predicted molar refractivity (Wildman–Crippen MR) is 86.6 cm³/mol. The number of halogens is 1. The largest absolute Gasteiger partial charge is 0.482 e. The van der Waals surface area contributed by atoms with E-state index in [1.165, 1.54) is 24.3 Å². The Kier molecular flexibility index (Phi) is 5.12. The van der Waals surface area contributed by atoms with Crippen molar-refractivity contribution in [2.75, 3.05) is 11.3 Å². The van der Waals surface area contributed by atoms with Crippen LogP contribution >= 0.6 is 11.6 Å². The maximum atomic E-state index is 12.3. The van der Waals surface area contributed by atoms with Gasteiger partial charge >= 0.3 is 5.97 Å². The Bertz CT molecular complexity index is 818. The topological polar surface area (TPSA) is 92.7 Å². The molecule has 0 radical (unpaired) electrons. The summed E-state index contributed by atoms with van der Waals surface area (Å²) in [5.41, 5.74) is 1.20. The lowest BCUT2D eigenvalue weighted by molar-refractivity contribution is -0.139. The molecule has 0 amide bonds. The number of carbonyl (C=O) groups is 1. The maximum absolute atomic E-state index is 12.3. The van der Waals surface area contributed by atoms with Crippen LogP contribution in [0.15, 0.2) is 47.4 Å². The molecular weight excluding hydrogens is 342 g/mol. The molecule has 0 atom stereocenters. The van der Waals surface area contributed by atoms with E-state index in [4.69, 9.17) is 21.4 Å². The molecule has 122 valence electrons. The van der Waals surface area contributed by atoms with Crippen LogP contribution < -0.4 is 9.46 Å². The second kappa shape index (κ2) is 6.89. The van der Waals surface area contributed by atoms with Gasteiger partial charge in [-0.05, 0) is 48.9 Å². The molecule has 6 nitrogen and oxygen atoms in total. The molecular formula is C15H14ClNO5S. The van der Waals surface area contributed by atoms with E-state index in [0.717, 1.165) is 5.56 Å². The van der Waals surface area contributed by atoms with E-state index >= 15 is 0 Å².